The molecular weight excluding hydrogens is 532 g/mol. The van der Waals surface area contributed by atoms with Crippen LogP contribution in [-0.2, 0) is 20.9 Å². The summed E-state index contributed by atoms with van der Waals surface area (Å²) in [6.45, 7) is 2.97. The molecule has 11 nitrogen and oxygen atoms in total. The van der Waals surface area contributed by atoms with Crippen LogP contribution in [0.25, 0.3) is 11.2 Å². The molecule has 0 aliphatic carbocycles. The SMILES string of the molecule is CCOC(=O)Cn1c(Br)nc2c(OC(=O)N(c3ccccc3)c3ccccc3)nc(NC(C)=O)nc21. The van der Waals surface area contributed by atoms with Crippen molar-refractivity contribution in [3.8, 4) is 5.88 Å². The number of hydrogen-bond donors (Lipinski definition) is 1. The summed E-state index contributed by atoms with van der Waals surface area (Å²) in [4.78, 5) is 51.5. The Labute approximate surface area is 214 Å². The maximum Gasteiger partial charge on any atom is 0.425 e. The highest BCUT2D eigenvalue weighted by atomic mass is 79.9. The van der Waals surface area contributed by atoms with Crippen LogP contribution in [0.5, 0.6) is 5.88 Å². The van der Waals surface area contributed by atoms with Crippen LogP contribution in [0.15, 0.2) is 65.4 Å². The zero-order chi connectivity index (χ0) is 25.7. The molecule has 12 heteroatoms. The number of rotatable bonds is 7. The quantitative estimate of drug-likeness (QED) is 0.263. The van der Waals surface area contributed by atoms with Crippen molar-refractivity contribution in [3.05, 3.63) is 65.4 Å². The monoisotopic (exact) mass is 552 g/mol. The molecule has 0 saturated carbocycles. The Morgan fingerprint density at radius 1 is 0.972 bits per heavy atom. The Morgan fingerprint density at radius 2 is 1.58 bits per heavy atom. The summed E-state index contributed by atoms with van der Waals surface area (Å²) in [5, 5.41) is 2.48. The van der Waals surface area contributed by atoms with Gasteiger partial charge in [0.25, 0.3) is 5.88 Å². The number of amides is 2. The van der Waals surface area contributed by atoms with Gasteiger partial charge in [-0.15, -0.1) is 0 Å². The number of nitrogens with one attached hydrogen (secondary N) is 1. The van der Waals surface area contributed by atoms with Gasteiger partial charge in [-0.05, 0) is 47.1 Å². The van der Waals surface area contributed by atoms with Gasteiger partial charge in [0.2, 0.25) is 11.9 Å². The van der Waals surface area contributed by atoms with Crippen LogP contribution in [0.3, 0.4) is 0 Å². The van der Waals surface area contributed by atoms with Crippen LogP contribution < -0.4 is 15.0 Å². The van der Waals surface area contributed by atoms with Gasteiger partial charge in [-0.1, -0.05) is 36.4 Å². The largest absolute Gasteiger partial charge is 0.465 e. The van der Waals surface area contributed by atoms with Gasteiger partial charge in [0.1, 0.15) is 6.54 Å². The summed E-state index contributed by atoms with van der Waals surface area (Å²) < 4.78 is 12.4. The van der Waals surface area contributed by atoms with Crippen LogP contribution in [0.2, 0.25) is 0 Å². The molecule has 0 fully saturated rings. The number of anilines is 3. The highest BCUT2D eigenvalue weighted by Gasteiger charge is 2.25. The first-order valence-corrected chi connectivity index (χ1v) is 11.7. The second-order valence-electron chi connectivity index (χ2n) is 7.35. The topological polar surface area (TPSA) is 129 Å². The van der Waals surface area contributed by atoms with Crippen molar-refractivity contribution in [2.75, 3.05) is 16.8 Å². The molecule has 2 aromatic heterocycles. The van der Waals surface area contributed by atoms with Crippen molar-refractivity contribution >= 4 is 62.4 Å². The van der Waals surface area contributed by atoms with Gasteiger partial charge in [-0.25, -0.2) is 14.7 Å². The molecule has 2 aromatic carbocycles. The molecule has 1 N–H and O–H groups in total. The fourth-order valence-corrected chi connectivity index (χ4v) is 3.82. The van der Waals surface area contributed by atoms with Crippen molar-refractivity contribution in [1.82, 2.24) is 19.5 Å². The minimum Gasteiger partial charge on any atom is -0.465 e. The Bertz CT molecular complexity index is 1370. The summed E-state index contributed by atoms with van der Waals surface area (Å²) in [5.74, 6) is -1.28. The van der Waals surface area contributed by atoms with E-state index in [1.54, 1.807) is 55.5 Å². The zero-order valence-corrected chi connectivity index (χ0v) is 20.9. The van der Waals surface area contributed by atoms with Crippen molar-refractivity contribution in [3.63, 3.8) is 0 Å². The molecule has 0 saturated heterocycles. The number of halogens is 1. The maximum atomic E-state index is 13.5. The first kappa shape index (κ1) is 24.8. The van der Waals surface area contributed by atoms with E-state index in [1.165, 1.54) is 16.4 Å². The average molecular weight is 553 g/mol. The second kappa shape index (κ2) is 11.0. The molecule has 184 valence electrons. The number of carbonyl (C=O) groups is 3. The molecule has 0 radical (unpaired) electrons. The highest BCUT2D eigenvalue weighted by molar-refractivity contribution is 9.10. The number of fused-ring (bicyclic) bond motifs is 1. The van der Waals surface area contributed by atoms with E-state index in [1.807, 2.05) is 12.1 Å². The number of para-hydroxylation sites is 2. The van der Waals surface area contributed by atoms with Crippen LogP contribution in [0, 0.1) is 0 Å². The minimum atomic E-state index is -0.766. The summed E-state index contributed by atoms with van der Waals surface area (Å²) >= 11 is 3.31. The minimum absolute atomic E-state index is 0.106. The Balaban J connectivity index is 1.78. The average Bonchev–Trinajstić information content (AvgIpc) is 3.15. The lowest BCUT2D eigenvalue weighted by molar-refractivity contribution is -0.143. The normalized spacial score (nSPS) is 10.6. The Hall–Kier alpha value is -4.32. The number of hydrogen-bond acceptors (Lipinski definition) is 8. The first-order chi connectivity index (χ1) is 17.4. The smallest absolute Gasteiger partial charge is 0.425 e. The molecule has 2 amide bonds. The number of carbonyl (C=O) groups excluding carboxylic acids is 3. The molecule has 36 heavy (non-hydrogen) atoms. The van der Waals surface area contributed by atoms with Crippen molar-refractivity contribution in [2.45, 2.75) is 20.4 Å². The van der Waals surface area contributed by atoms with Crippen LogP contribution in [-0.4, -0.2) is 44.1 Å². The molecule has 0 aliphatic rings. The zero-order valence-electron chi connectivity index (χ0n) is 19.3. The number of imidazole rings is 1. The van der Waals surface area contributed by atoms with E-state index in [0.29, 0.717) is 11.4 Å². The standard InChI is InChI=1S/C24H21BrN6O5/c1-3-35-18(33)14-30-20-19(27-22(30)25)21(29-23(28-20)26-15(2)32)36-24(34)31(16-10-6-4-7-11-16)17-12-8-5-9-13-17/h4-13H,3,14H2,1-2H3,(H,26,28,29,32). The van der Waals surface area contributed by atoms with Crippen LogP contribution in [0.1, 0.15) is 13.8 Å². The Kier molecular flexibility index (Phi) is 7.54. The predicted octanol–water partition coefficient (Wildman–Crippen LogP) is 4.45. The van der Waals surface area contributed by atoms with E-state index in [4.69, 9.17) is 9.47 Å². The van der Waals surface area contributed by atoms with Gasteiger partial charge < -0.3 is 9.47 Å². The molecule has 4 rings (SSSR count). The molecule has 0 bridgehead atoms. The number of benzene rings is 2. The molecule has 0 unspecified atom stereocenters. The number of aromatic nitrogens is 4. The van der Waals surface area contributed by atoms with Crippen molar-refractivity contribution in [1.29, 1.82) is 0 Å². The summed E-state index contributed by atoms with van der Waals surface area (Å²) in [7, 11) is 0. The maximum absolute atomic E-state index is 13.5. The van der Waals surface area contributed by atoms with E-state index in [0.717, 1.165) is 0 Å². The fraction of sp³-hybridized carbons (Fsp3) is 0.167. The number of nitrogens with zero attached hydrogens (tertiary/aromatic N) is 5. The van der Waals surface area contributed by atoms with E-state index in [9.17, 15) is 14.4 Å². The molecule has 0 spiro atoms. The number of ether oxygens (including phenoxy) is 2. The predicted molar refractivity (Wildman–Crippen MR) is 135 cm³/mol. The second-order valence-corrected chi connectivity index (χ2v) is 8.06. The summed E-state index contributed by atoms with van der Waals surface area (Å²) in [6.07, 6.45) is -0.766. The lowest BCUT2D eigenvalue weighted by Crippen LogP contribution is -2.29. The fourth-order valence-electron chi connectivity index (χ4n) is 3.35. The van der Waals surface area contributed by atoms with Crippen LogP contribution in [0.4, 0.5) is 22.1 Å². The van der Waals surface area contributed by atoms with E-state index >= 15 is 0 Å². The molecule has 0 aliphatic heterocycles. The van der Waals surface area contributed by atoms with E-state index < -0.39 is 18.0 Å². The summed E-state index contributed by atoms with van der Waals surface area (Å²) in [6, 6.07) is 17.9. The number of esters is 1. The van der Waals surface area contributed by atoms with E-state index in [-0.39, 0.29) is 40.9 Å². The van der Waals surface area contributed by atoms with E-state index in [2.05, 4.69) is 36.2 Å². The highest BCUT2D eigenvalue weighted by Crippen LogP contribution is 2.30. The lowest BCUT2D eigenvalue weighted by Gasteiger charge is -2.22. The van der Waals surface area contributed by atoms with Crippen molar-refractivity contribution in [2.24, 2.45) is 0 Å². The summed E-state index contributed by atoms with van der Waals surface area (Å²) in [5.41, 5.74) is 1.39. The third-order valence-corrected chi connectivity index (χ3v) is 5.40. The van der Waals surface area contributed by atoms with Gasteiger partial charge in [0.05, 0.1) is 18.0 Å². The van der Waals surface area contributed by atoms with Gasteiger partial charge in [0, 0.05) is 6.92 Å². The molecule has 4 aromatic rings. The van der Waals surface area contributed by atoms with Gasteiger partial charge >= 0.3 is 12.1 Å². The van der Waals surface area contributed by atoms with Gasteiger partial charge in [-0.2, -0.15) is 9.97 Å². The Morgan fingerprint density at radius 3 is 2.14 bits per heavy atom. The first-order valence-electron chi connectivity index (χ1n) is 10.9. The third-order valence-electron chi connectivity index (χ3n) is 4.79. The van der Waals surface area contributed by atoms with Gasteiger partial charge in [-0.3, -0.25) is 19.5 Å². The molecule has 0 atom stereocenters. The van der Waals surface area contributed by atoms with Crippen LogP contribution >= 0.6 is 15.9 Å². The molecular formula is C24H21BrN6O5. The van der Waals surface area contributed by atoms with Crippen molar-refractivity contribution < 1.29 is 23.9 Å². The molecule has 2 heterocycles. The lowest BCUT2D eigenvalue weighted by atomic mass is 10.2. The third kappa shape index (κ3) is 5.49. The van der Waals surface area contributed by atoms with Gasteiger partial charge in [0.15, 0.2) is 15.9 Å².